The SMILES string of the molecule is Oc1cc(Br)ccc1C=NNc1nc(N2CCCCCC2)nc(N2CCCCCC2)n1. The maximum atomic E-state index is 10.1. The summed E-state index contributed by atoms with van der Waals surface area (Å²) in [7, 11) is 0. The van der Waals surface area contributed by atoms with Crippen LogP contribution in [-0.4, -0.2) is 52.5 Å². The van der Waals surface area contributed by atoms with Gasteiger partial charge in [-0.05, 0) is 43.9 Å². The van der Waals surface area contributed by atoms with Crippen LogP contribution < -0.4 is 15.2 Å². The standard InChI is InChI=1S/C22H30BrN7O/c23-18-10-9-17(19(31)15-18)16-24-28-20-25-21(29-11-5-1-2-6-12-29)27-22(26-20)30-13-7-3-4-8-14-30/h9-10,15-16,31H,1-8,11-14H2,(H,25,26,27,28). The smallest absolute Gasteiger partial charge is 0.250 e. The maximum Gasteiger partial charge on any atom is 0.250 e. The van der Waals surface area contributed by atoms with Gasteiger partial charge in [-0.3, -0.25) is 0 Å². The minimum atomic E-state index is 0.158. The Balaban J connectivity index is 1.57. The number of hydrogen-bond acceptors (Lipinski definition) is 8. The van der Waals surface area contributed by atoms with Crippen molar-refractivity contribution in [1.29, 1.82) is 0 Å². The van der Waals surface area contributed by atoms with Gasteiger partial charge in [-0.1, -0.05) is 41.6 Å². The van der Waals surface area contributed by atoms with Crippen molar-refractivity contribution in [3.05, 3.63) is 28.2 Å². The van der Waals surface area contributed by atoms with Crippen LogP contribution in [0.5, 0.6) is 5.75 Å². The molecule has 166 valence electrons. The molecule has 0 radical (unpaired) electrons. The summed E-state index contributed by atoms with van der Waals surface area (Å²) in [6.45, 7) is 3.88. The number of halogens is 1. The lowest BCUT2D eigenvalue weighted by Gasteiger charge is -2.24. The van der Waals surface area contributed by atoms with Crippen LogP contribution in [0, 0.1) is 0 Å². The number of nitrogens with zero attached hydrogens (tertiary/aromatic N) is 6. The molecule has 4 rings (SSSR count). The Morgan fingerprint density at radius 3 is 1.90 bits per heavy atom. The molecule has 2 aromatic rings. The molecule has 0 atom stereocenters. The molecular weight excluding hydrogens is 458 g/mol. The fourth-order valence-corrected chi connectivity index (χ4v) is 4.36. The van der Waals surface area contributed by atoms with E-state index in [9.17, 15) is 5.11 Å². The Hall–Kier alpha value is -2.42. The second kappa shape index (κ2) is 10.7. The predicted molar refractivity (Wildman–Crippen MR) is 128 cm³/mol. The van der Waals surface area contributed by atoms with Crippen LogP contribution in [0.3, 0.4) is 0 Å². The number of hydrazone groups is 1. The molecule has 1 aromatic heterocycles. The van der Waals surface area contributed by atoms with Crippen molar-refractivity contribution in [2.24, 2.45) is 5.10 Å². The van der Waals surface area contributed by atoms with E-state index in [4.69, 9.17) is 4.98 Å². The van der Waals surface area contributed by atoms with E-state index >= 15 is 0 Å². The zero-order chi connectivity index (χ0) is 21.5. The van der Waals surface area contributed by atoms with Gasteiger partial charge < -0.3 is 14.9 Å². The van der Waals surface area contributed by atoms with Gasteiger partial charge in [0.25, 0.3) is 0 Å². The molecule has 31 heavy (non-hydrogen) atoms. The van der Waals surface area contributed by atoms with Crippen LogP contribution in [0.25, 0.3) is 0 Å². The largest absolute Gasteiger partial charge is 0.507 e. The number of aromatic nitrogens is 3. The molecule has 9 heteroatoms. The lowest BCUT2D eigenvalue weighted by atomic mass is 10.2. The van der Waals surface area contributed by atoms with Crippen LogP contribution in [0.1, 0.15) is 56.9 Å². The third-order valence-electron chi connectivity index (χ3n) is 5.75. The number of rotatable bonds is 5. The molecule has 2 N–H and O–H groups in total. The summed E-state index contributed by atoms with van der Waals surface area (Å²) < 4.78 is 0.816. The molecule has 2 aliphatic rings. The van der Waals surface area contributed by atoms with Crippen LogP contribution in [-0.2, 0) is 0 Å². The normalized spacial score (nSPS) is 18.1. The Kier molecular flexibility index (Phi) is 7.56. The van der Waals surface area contributed by atoms with Crippen molar-refractivity contribution in [3.63, 3.8) is 0 Å². The number of phenolic OH excluding ortho intramolecular Hbond substituents is 1. The Morgan fingerprint density at radius 1 is 0.839 bits per heavy atom. The van der Waals surface area contributed by atoms with E-state index < -0.39 is 0 Å². The van der Waals surface area contributed by atoms with E-state index in [1.807, 2.05) is 6.07 Å². The van der Waals surface area contributed by atoms with Gasteiger partial charge in [-0.25, -0.2) is 5.43 Å². The monoisotopic (exact) mass is 487 g/mol. The topological polar surface area (TPSA) is 89.8 Å². The highest BCUT2D eigenvalue weighted by Crippen LogP contribution is 2.23. The highest BCUT2D eigenvalue weighted by atomic mass is 79.9. The number of nitrogens with one attached hydrogen (secondary N) is 1. The predicted octanol–water partition coefficient (Wildman–Crippen LogP) is 4.55. The zero-order valence-electron chi connectivity index (χ0n) is 17.8. The van der Waals surface area contributed by atoms with E-state index in [2.05, 4.69) is 46.2 Å². The number of phenols is 1. The second-order valence-electron chi connectivity index (χ2n) is 8.13. The molecule has 3 heterocycles. The minimum Gasteiger partial charge on any atom is -0.507 e. The molecule has 0 unspecified atom stereocenters. The van der Waals surface area contributed by atoms with Crippen molar-refractivity contribution >= 4 is 40.0 Å². The molecule has 0 spiro atoms. The summed E-state index contributed by atoms with van der Waals surface area (Å²) >= 11 is 3.35. The van der Waals surface area contributed by atoms with Crippen LogP contribution in [0.15, 0.2) is 27.8 Å². The molecular formula is C22H30BrN7O. The van der Waals surface area contributed by atoms with Gasteiger partial charge >= 0.3 is 0 Å². The third-order valence-corrected chi connectivity index (χ3v) is 6.24. The summed E-state index contributed by atoms with van der Waals surface area (Å²) in [5.74, 6) is 2.04. The van der Waals surface area contributed by atoms with Gasteiger partial charge in [0.05, 0.1) is 6.21 Å². The summed E-state index contributed by atoms with van der Waals surface area (Å²) in [6.07, 6.45) is 11.2. The first-order valence-electron chi connectivity index (χ1n) is 11.2. The summed E-state index contributed by atoms with van der Waals surface area (Å²) in [5.41, 5.74) is 3.57. The fourth-order valence-electron chi connectivity index (χ4n) is 4.01. The molecule has 8 nitrogen and oxygen atoms in total. The van der Waals surface area contributed by atoms with Gasteiger partial charge in [-0.15, -0.1) is 0 Å². The molecule has 0 aliphatic carbocycles. The second-order valence-corrected chi connectivity index (χ2v) is 9.05. The van der Waals surface area contributed by atoms with Crippen molar-refractivity contribution in [1.82, 2.24) is 15.0 Å². The van der Waals surface area contributed by atoms with Crippen LogP contribution in [0.2, 0.25) is 0 Å². The van der Waals surface area contributed by atoms with Crippen molar-refractivity contribution in [2.45, 2.75) is 51.4 Å². The molecule has 1 aromatic carbocycles. The van der Waals surface area contributed by atoms with Crippen molar-refractivity contribution in [3.8, 4) is 5.75 Å². The van der Waals surface area contributed by atoms with Crippen LogP contribution in [0.4, 0.5) is 17.8 Å². The molecule has 0 amide bonds. The summed E-state index contributed by atoms with van der Waals surface area (Å²) in [5, 5.41) is 14.3. The van der Waals surface area contributed by atoms with Gasteiger partial charge in [0.15, 0.2) is 0 Å². The lowest BCUT2D eigenvalue weighted by Crippen LogP contribution is -2.30. The van der Waals surface area contributed by atoms with Crippen molar-refractivity contribution in [2.75, 3.05) is 41.4 Å². The third kappa shape index (κ3) is 6.06. The fraction of sp³-hybridized carbons (Fsp3) is 0.545. The van der Waals surface area contributed by atoms with Gasteiger partial charge in [0.1, 0.15) is 5.75 Å². The van der Waals surface area contributed by atoms with E-state index in [0.717, 1.165) is 68.2 Å². The first kappa shape index (κ1) is 21.8. The molecule has 2 fully saturated rings. The average molecular weight is 488 g/mol. The summed E-state index contributed by atoms with van der Waals surface area (Å²) in [6, 6.07) is 5.29. The first-order chi connectivity index (χ1) is 15.2. The van der Waals surface area contributed by atoms with Gasteiger partial charge in [0, 0.05) is 36.2 Å². The van der Waals surface area contributed by atoms with Gasteiger partial charge in [-0.2, -0.15) is 20.1 Å². The molecule has 0 bridgehead atoms. The van der Waals surface area contributed by atoms with Crippen molar-refractivity contribution < 1.29 is 5.11 Å². The Bertz CT molecular complexity index is 853. The lowest BCUT2D eigenvalue weighted by molar-refractivity contribution is 0.474. The number of anilines is 3. The number of benzene rings is 1. The minimum absolute atomic E-state index is 0.158. The number of hydrogen-bond donors (Lipinski definition) is 2. The molecule has 0 saturated carbocycles. The highest BCUT2D eigenvalue weighted by Gasteiger charge is 2.19. The van der Waals surface area contributed by atoms with E-state index in [0.29, 0.717) is 11.5 Å². The maximum absolute atomic E-state index is 10.1. The Labute approximate surface area is 191 Å². The highest BCUT2D eigenvalue weighted by molar-refractivity contribution is 9.10. The molecule has 2 saturated heterocycles. The molecule has 2 aliphatic heterocycles. The van der Waals surface area contributed by atoms with Gasteiger partial charge in [0.2, 0.25) is 17.8 Å². The van der Waals surface area contributed by atoms with E-state index in [-0.39, 0.29) is 5.75 Å². The quantitative estimate of drug-likeness (QED) is 0.472. The first-order valence-corrected chi connectivity index (χ1v) is 12.0. The van der Waals surface area contributed by atoms with E-state index in [1.165, 1.54) is 25.7 Å². The van der Waals surface area contributed by atoms with E-state index in [1.54, 1.807) is 18.3 Å². The average Bonchev–Trinajstić information content (AvgIpc) is 3.21. The Morgan fingerprint density at radius 2 is 1.39 bits per heavy atom. The number of aromatic hydroxyl groups is 1. The zero-order valence-corrected chi connectivity index (χ0v) is 19.4. The van der Waals surface area contributed by atoms with Crippen LogP contribution >= 0.6 is 15.9 Å². The summed E-state index contributed by atoms with van der Waals surface area (Å²) in [4.78, 5) is 18.7.